The number of aliphatic hydroxyl groups excluding tert-OH is 1. The van der Waals surface area contributed by atoms with Gasteiger partial charge in [0.1, 0.15) is 16.9 Å². The third kappa shape index (κ3) is 2.94. The van der Waals surface area contributed by atoms with Gasteiger partial charge in [0.05, 0.1) is 5.57 Å². The number of allylic oxidation sites excluding steroid dienone is 2. The van der Waals surface area contributed by atoms with E-state index in [1.54, 1.807) is 6.92 Å². The maximum atomic E-state index is 12.6. The number of benzene rings is 5. The highest BCUT2D eigenvalue weighted by Gasteiger charge is 2.21. The highest BCUT2D eigenvalue weighted by molar-refractivity contribution is 6.30. The molecule has 1 heterocycles. The van der Waals surface area contributed by atoms with E-state index in [-0.39, 0.29) is 11.5 Å². The number of fused-ring (bicyclic) bond motifs is 5. The van der Waals surface area contributed by atoms with Gasteiger partial charge in [-0.1, -0.05) is 72.8 Å². The van der Waals surface area contributed by atoms with Crippen LogP contribution < -0.4 is 0 Å². The van der Waals surface area contributed by atoms with Crippen LogP contribution in [-0.2, 0) is 4.79 Å². The number of Topliss-reactive ketones (excluding diaryl/α,β-unsaturated/α-hetero) is 1. The van der Waals surface area contributed by atoms with Gasteiger partial charge in [-0.05, 0) is 64.7 Å². The smallest absolute Gasteiger partial charge is 0.163 e. The monoisotopic (exact) mass is 442 g/mol. The van der Waals surface area contributed by atoms with Crippen LogP contribution in [0.2, 0.25) is 0 Å². The van der Waals surface area contributed by atoms with Crippen LogP contribution in [0.25, 0.3) is 60.2 Å². The number of aliphatic hydroxyl groups is 1. The first kappa shape index (κ1) is 20.3. The summed E-state index contributed by atoms with van der Waals surface area (Å²) in [7, 11) is 0. The molecular formula is C31H22O3. The van der Waals surface area contributed by atoms with E-state index in [2.05, 4.69) is 30.3 Å². The van der Waals surface area contributed by atoms with Crippen LogP contribution in [0, 0.1) is 0 Å². The molecule has 164 valence electrons. The van der Waals surface area contributed by atoms with E-state index in [1.807, 2.05) is 60.7 Å². The zero-order valence-electron chi connectivity index (χ0n) is 18.9. The van der Waals surface area contributed by atoms with Crippen molar-refractivity contribution in [3.8, 4) is 11.1 Å². The van der Waals surface area contributed by atoms with E-state index in [1.165, 1.54) is 6.92 Å². The van der Waals surface area contributed by atoms with Gasteiger partial charge in [0.2, 0.25) is 0 Å². The predicted octanol–water partition coefficient (Wildman–Crippen LogP) is 8.44. The molecule has 6 aromatic rings. The topological polar surface area (TPSA) is 50.4 Å². The van der Waals surface area contributed by atoms with Crippen molar-refractivity contribution in [2.45, 2.75) is 13.8 Å². The predicted molar refractivity (Wildman–Crippen MR) is 140 cm³/mol. The largest absolute Gasteiger partial charge is 0.512 e. The molecule has 34 heavy (non-hydrogen) atoms. The number of carbonyl (C=O) groups excluding carboxylic acids is 1. The van der Waals surface area contributed by atoms with Crippen molar-refractivity contribution in [2.75, 3.05) is 0 Å². The third-order valence-corrected chi connectivity index (χ3v) is 6.56. The van der Waals surface area contributed by atoms with E-state index < -0.39 is 0 Å². The van der Waals surface area contributed by atoms with E-state index >= 15 is 0 Å². The van der Waals surface area contributed by atoms with Gasteiger partial charge in [0.25, 0.3) is 0 Å². The first-order chi connectivity index (χ1) is 16.5. The minimum Gasteiger partial charge on any atom is -0.512 e. The van der Waals surface area contributed by atoms with Crippen LogP contribution in [0.4, 0.5) is 0 Å². The van der Waals surface area contributed by atoms with Crippen molar-refractivity contribution in [3.63, 3.8) is 0 Å². The first-order valence-corrected chi connectivity index (χ1v) is 11.3. The normalized spacial score (nSPS) is 12.5. The number of carbonyl (C=O) groups is 1. The minimum atomic E-state index is -0.158. The summed E-state index contributed by atoms with van der Waals surface area (Å²) in [5.74, 6) is -0.129. The Morgan fingerprint density at radius 2 is 1.18 bits per heavy atom. The molecule has 1 aromatic heterocycles. The second-order valence-corrected chi connectivity index (χ2v) is 8.67. The highest BCUT2D eigenvalue weighted by atomic mass is 16.3. The van der Waals surface area contributed by atoms with Gasteiger partial charge in [-0.15, -0.1) is 0 Å². The Morgan fingerprint density at radius 3 is 1.76 bits per heavy atom. The van der Waals surface area contributed by atoms with E-state index in [9.17, 15) is 9.90 Å². The Morgan fingerprint density at radius 1 is 0.647 bits per heavy atom. The molecule has 3 nitrogen and oxygen atoms in total. The Kier molecular flexibility index (Phi) is 4.53. The van der Waals surface area contributed by atoms with Crippen LogP contribution in [0.1, 0.15) is 19.4 Å². The molecule has 0 spiro atoms. The molecule has 6 rings (SSSR count). The SMILES string of the molecule is CC(=O)C(=C(C)O)c1c2ccccc2c(-c2ccc3oc4ccccc4c3c2)c2ccccc12. The lowest BCUT2D eigenvalue weighted by Gasteiger charge is -2.18. The average molecular weight is 443 g/mol. The summed E-state index contributed by atoms with van der Waals surface area (Å²) in [5.41, 5.74) is 5.03. The van der Waals surface area contributed by atoms with Gasteiger partial charge in [0, 0.05) is 16.3 Å². The molecular weight excluding hydrogens is 420 g/mol. The Balaban J connectivity index is 1.78. The number of furan rings is 1. The average Bonchev–Trinajstić information content (AvgIpc) is 3.21. The Hall–Kier alpha value is -4.37. The quantitative estimate of drug-likeness (QED) is 0.170. The van der Waals surface area contributed by atoms with Gasteiger partial charge in [-0.2, -0.15) is 0 Å². The van der Waals surface area contributed by atoms with Gasteiger partial charge in [0.15, 0.2) is 5.78 Å². The second-order valence-electron chi connectivity index (χ2n) is 8.67. The third-order valence-electron chi connectivity index (χ3n) is 6.56. The molecule has 0 saturated carbocycles. The zero-order chi connectivity index (χ0) is 23.4. The lowest BCUT2D eigenvalue weighted by molar-refractivity contribution is -0.111. The lowest BCUT2D eigenvalue weighted by Crippen LogP contribution is -2.02. The molecule has 1 N–H and O–H groups in total. The maximum Gasteiger partial charge on any atom is 0.163 e. The standard InChI is InChI=1S/C31H22O3/c1-18(32)29(19(2)33)31-24-12-5-3-10-22(24)30(23-11-4-6-13-25(23)31)20-15-16-28-26(17-20)21-9-7-8-14-27(21)34-28/h3-17,32H,1-2H3. The summed E-state index contributed by atoms with van der Waals surface area (Å²) >= 11 is 0. The summed E-state index contributed by atoms with van der Waals surface area (Å²) in [5, 5.41) is 16.6. The lowest BCUT2D eigenvalue weighted by atomic mass is 9.84. The summed E-state index contributed by atoms with van der Waals surface area (Å²) in [4.78, 5) is 12.6. The van der Waals surface area contributed by atoms with Crippen LogP contribution in [0.15, 0.2) is 101 Å². The molecule has 0 bridgehead atoms. The molecule has 3 heteroatoms. The summed E-state index contributed by atoms with van der Waals surface area (Å²) in [6.07, 6.45) is 0. The number of ketones is 1. The van der Waals surface area contributed by atoms with Crippen LogP contribution >= 0.6 is 0 Å². The molecule has 0 atom stereocenters. The number of para-hydroxylation sites is 1. The van der Waals surface area contributed by atoms with E-state index in [0.717, 1.165) is 60.2 Å². The van der Waals surface area contributed by atoms with Gasteiger partial charge in [-0.25, -0.2) is 0 Å². The van der Waals surface area contributed by atoms with Crippen molar-refractivity contribution < 1.29 is 14.3 Å². The maximum absolute atomic E-state index is 12.6. The first-order valence-electron chi connectivity index (χ1n) is 11.3. The molecule has 0 aliphatic heterocycles. The number of rotatable bonds is 3. The van der Waals surface area contributed by atoms with Crippen LogP contribution in [0.3, 0.4) is 0 Å². The molecule has 0 aliphatic carbocycles. The highest BCUT2D eigenvalue weighted by Crippen LogP contribution is 2.43. The number of hydrogen-bond acceptors (Lipinski definition) is 3. The molecule has 0 unspecified atom stereocenters. The fraction of sp³-hybridized carbons (Fsp3) is 0.0645. The Bertz CT molecular complexity index is 1740. The van der Waals surface area contributed by atoms with Crippen LogP contribution in [-0.4, -0.2) is 10.9 Å². The molecule has 5 aromatic carbocycles. The fourth-order valence-electron chi connectivity index (χ4n) is 5.20. The fourth-order valence-corrected chi connectivity index (χ4v) is 5.20. The molecule has 0 radical (unpaired) electrons. The minimum absolute atomic E-state index is 0.0295. The second kappa shape index (κ2) is 7.60. The molecule has 0 aliphatic rings. The van der Waals surface area contributed by atoms with Crippen LogP contribution in [0.5, 0.6) is 0 Å². The van der Waals surface area contributed by atoms with Gasteiger partial charge < -0.3 is 9.52 Å². The van der Waals surface area contributed by atoms with Crippen molar-refractivity contribution in [1.82, 2.24) is 0 Å². The summed E-state index contributed by atoms with van der Waals surface area (Å²) < 4.78 is 6.05. The Labute approximate surface area is 196 Å². The summed E-state index contributed by atoms with van der Waals surface area (Å²) in [6.45, 7) is 3.08. The molecule has 0 fully saturated rings. The molecule has 0 amide bonds. The van der Waals surface area contributed by atoms with Crippen molar-refractivity contribution in [2.24, 2.45) is 0 Å². The molecule has 0 saturated heterocycles. The van der Waals surface area contributed by atoms with Gasteiger partial charge in [-0.3, -0.25) is 4.79 Å². The van der Waals surface area contributed by atoms with E-state index in [0.29, 0.717) is 5.57 Å². The van der Waals surface area contributed by atoms with Crippen molar-refractivity contribution >= 4 is 54.8 Å². The summed E-state index contributed by atoms with van der Waals surface area (Å²) in [6, 6.07) is 30.6. The van der Waals surface area contributed by atoms with Gasteiger partial charge >= 0.3 is 0 Å². The number of hydrogen-bond donors (Lipinski definition) is 1. The van der Waals surface area contributed by atoms with E-state index in [4.69, 9.17) is 4.42 Å². The zero-order valence-corrected chi connectivity index (χ0v) is 18.9. The van der Waals surface area contributed by atoms with Crippen molar-refractivity contribution in [3.05, 3.63) is 102 Å². The van der Waals surface area contributed by atoms with Crippen molar-refractivity contribution in [1.29, 1.82) is 0 Å².